The molecular formula is C28H25ClNP. The summed E-state index contributed by atoms with van der Waals surface area (Å²) in [5, 5.41) is 12.5. The average Bonchev–Trinajstić information content (AvgIpc) is 2.85. The number of nitriles is 1. The van der Waals surface area contributed by atoms with E-state index in [4.69, 9.17) is 16.5 Å². The van der Waals surface area contributed by atoms with Crippen molar-refractivity contribution in [1.29, 1.82) is 5.26 Å². The second kappa shape index (κ2) is 9.07. The molecule has 0 N–H and O–H groups in total. The maximum absolute atomic E-state index is 9.01. The Kier molecular flexibility index (Phi) is 6.24. The minimum absolute atomic E-state index is 0.518. The van der Waals surface area contributed by atoms with E-state index in [-0.39, 0.29) is 0 Å². The van der Waals surface area contributed by atoms with Crippen LogP contribution >= 0.6 is 17.2 Å². The molecule has 0 bridgehead atoms. The van der Waals surface area contributed by atoms with Crippen LogP contribution in [0.3, 0.4) is 0 Å². The predicted molar refractivity (Wildman–Crippen MR) is 135 cm³/mol. The van der Waals surface area contributed by atoms with Crippen LogP contribution in [-0.4, -0.2) is 0 Å². The van der Waals surface area contributed by atoms with E-state index >= 15 is 0 Å². The van der Waals surface area contributed by atoms with Gasteiger partial charge in [0.15, 0.2) is 0 Å². The molecule has 154 valence electrons. The van der Waals surface area contributed by atoms with E-state index in [1.165, 1.54) is 11.1 Å². The van der Waals surface area contributed by atoms with E-state index in [9.17, 15) is 0 Å². The normalized spacial score (nSPS) is 12.5. The van der Waals surface area contributed by atoms with Crippen molar-refractivity contribution < 1.29 is 0 Å². The Balaban J connectivity index is 1.99. The van der Waals surface area contributed by atoms with Crippen LogP contribution in [-0.2, 0) is 12.6 Å². The Hall–Kier alpha value is -2.91. The molecule has 4 aromatic rings. The standard InChI is InChI=1S/C28H25ClNP/c29-31(26-15-4-1-5-16-26,27-17-6-2-7-18-27,28-19-8-3-9-20-28)23-25-13-10-12-24(22-25)14-11-21-30/h1-10,12-13,15-20,22H,11,14,23H2. The van der Waals surface area contributed by atoms with Crippen molar-refractivity contribution in [3.05, 3.63) is 126 Å². The molecule has 0 spiro atoms. The quantitative estimate of drug-likeness (QED) is 0.307. The van der Waals surface area contributed by atoms with E-state index in [0.717, 1.165) is 22.3 Å². The zero-order valence-corrected chi connectivity index (χ0v) is 19.0. The third-order valence-electron chi connectivity index (χ3n) is 5.88. The Morgan fingerprint density at radius 3 is 1.52 bits per heavy atom. The molecule has 0 heterocycles. The first-order valence-corrected chi connectivity index (χ1v) is 13.8. The molecule has 0 aliphatic heterocycles. The fourth-order valence-corrected chi connectivity index (χ4v) is 10.5. The van der Waals surface area contributed by atoms with Crippen molar-refractivity contribution in [1.82, 2.24) is 0 Å². The molecule has 0 radical (unpaired) electrons. The number of halogens is 1. The molecule has 0 saturated carbocycles. The molecule has 4 aromatic carbocycles. The number of hydrogen-bond acceptors (Lipinski definition) is 1. The number of nitrogens with zero attached hydrogens (tertiary/aromatic N) is 1. The summed E-state index contributed by atoms with van der Waals surface area (Å²) in [4.78, 5) is 0. The summed E-state index contributed by atoms with van der Waals surface area (Å²) in [6.45, 7) is 0. The van der Waals surface area contributed by atoms with Gasteiger partial charge in [-0.2, -0.15) is 0 Å². The summed E-state index contributed by atoms with van der Waals surface area (Å²) in [6, 6.07) is 42.4. The Morgan fingerprint density at radius 1 is 0.613 bits per heavy atom. The van der Waals surface area contributed by atoms with Gasteiger partial charge in [0.1, 0.15) is 0 Å². The first-order chi connectivity index (χ1) is 15.1. The zero-order chi connectivity index (χ0) is 21.6. The summed E-state index contributed by atoms with van der Waals surface area (Å²) >= 11 is 8.14. The number of rotatable bonds is 7. The van der Waals surface area contributed by atoms with Gasteiger partial charge in [-0.15, -0.1) is 0 Å². The van der Waals surface area contributed by atoms with Crippen molar-refractivity contribution in [2.75, 3.05) is 0 Å². The summed E-state index contributed by atoms with van der Waals surface area (Å²) < 4.78 is 0. The van der Waals surface area contributed by atoms with E-state index < -0.39 is 5.96 Å². The maximum atomic E-state index is 9.01. The molecule has 0 unspecified atom stereocenters. The summed E-state index contributed by atoms with van der Waals surface area (Å²) in [5.74, 6) is -3.33. The van der Waals surface area contributed by atoms with Crippen molar-refractivity contribution in [2.24, 2.45) is 0 Å². The van der Waals surface area contributed by atoms with Gasteiger partial charge in [0, 0.05) is 0 Å². The van der Waals surface area contributed by atoms with Gasteiger partial charge in [-0.25, -0.2) is 0 Å². The van der Waals surface area contributed by atoms with Crippen molar-refractivity contribution in [2.45, 2.75) is 19.0 Å². The minimum atomic E-state index is -3.33. The molecular weight excluding hydrogens is 417 g/mol. The number of hydrogen-bond donors (Lipinski definition) is 0. The Labute approximate surface area is 189 Å². The molecule has 4 rings (SSSR count). The first kappa shape index (κ1) is 21.3. The van der Waals surface area contributed by atoms with Crippen molar-refractivity contribution >= 4 is 33.1 Å². The predicted octanol–water partition coefficient (Wildman–Crippen LogP) is 6.33. The third-order valence-corrected chi connectivity index (χ3v) is 13.1. The van der Waals surface area contributed by atoms with Crippen LogP contribution in [0.25, 0.3) is 0 Å². The Bertz CT molecular complexity index is 1080. The van der Waals surface area contributed by atoms with Gasteiger partial charge in [-0.05, 0) is 0 Å². The molecule has 0 fully saturated rings. The SMILES string of the molecule is N#CCCc1cccc(CP(Cl)(c2ccccc2)(c2ccccc2)c2ccccc2)c1. The van der Waals surface area contributed by atoms with E-state index in [1.54, 1.807) is 0 Å². The van der Waals surface area contributed by atoms with Gasteiger partial charge in [-0.1, -0.05) is 0 Å². The van der Waals surface area contributed by atoms with Crippen LogP contribution in [0.2, 0.25) is 0 Å². The zero-order valence-electron chi connectivity index (χ0n) is 17.4. The Morgan fingerprint density at radius 2 is 1.06 bits per heavy atom. The van der Waals surface area contributed by atoms with Gasteiger partial charge in [0.05, 0.1) is 0 Å². The van der Waals surface area contributed by atoms with Gasteiger partial charge >= 0.3 is 190 Å². The van der Waals surface area contributed by atoms with E-state index in [0.29, 0.717) is 12.6 Å². The summed E-state index contributed by atoms with van der Waals surface area (Å²) in [6.07, 6.45) is 1.99. The molecule has 0 atom stereocenters. The fourth-order valence-electron chi connectivity index (χ4n) is 4.36. The van der Waals surface area contributed by atoms with Crippen molar-refractivity contribution in [3.8, 4) is 6.07 Å². The van der Waals surface area contributed by atoms with E-state index in [1.807, 2.05) is 18.2 Å². The van der Waals surface area contributed by atoms with Crippen molar-refractivity contribution in [3.63, 3.8) is 0 Å². The van der Waals surface area contributed by atoms with Crippen LogP contribution in [0.15, 0.2) is 115 Å². The first-order valence-electron chi connectivity index (χ1n) is 10.5. The van der Waals surface area contributed by atoms with E-state index in [2.05, 4.69) is 103 Å². The second-order valence-corrected chi connectivity index (χ2v) is 14.3. The monoisotopic (exact) mass is 441 g/mol. The summed E-state index contributed by atoms with van der Waals surface area (Å²) in [7, 11) is 0. The molecule has 3 heteroatoms. The van der Waals surface area contributed by atoms with Gasteiger partial charge in [0.2, 0.25) is 0 Å². The molecule has 0 saturated heterocycles. The fraction of sp³-hybridized carbons (Fsp3) is 0.107. The average molecular weight is 442 g/mol. The van der Waals surface area contributed by atoms with Crippen LogP contribution in [0.5, 0.6) is 0 Å². The van der Waals surface area contributed by atoms with Crippen LogP contribution in [0, 0.1) is 11.3 Å². The molecule has 0 amide bonds. The van der Waals surface area contributed by atoms with Gasteiger partial charge < -0.3 is 0 Å². The van der Waals surface area contributed by atoms with Gasteiger partial charge in [-0.3, -0.25) is 0 Å². The van der Waals surface area contributed by atoms with Gasteiger partial charge in [0.25, 0.3) is 0 Å². The third kappa shape index (κ3) is 4.03. The topological polar surface area (TPSA) is 23.8 Å². The molecule has 31 heavy (non-hydrogen) atoms. The second-order valence-electron chi connectivity index (χ2n) is 7.83. The molecule has 0 aromatic heterocycles. The summed E-state index contributed by atoms with van der Waals surface area (Å²) in [5.41, 5.74) is 2.37. The van der Waals surface area contributed by atoms with Crippen LogP contribution in [0.4, 0.5) is 0 Å². The molecule has 0 aliphatic rings. The number of aryl methyl sites for hydroxylation is 1. The van der Waals surface area contributed by atoms with Crippen LogP contribution in [0.1, 0.15) is 17.5 Å². The molecule has 1 nitrogen and oxygen atoms in total. The number of benzene rings is 4. The van der Waals surface area contributed by atoms with Crippen LogP contribution < -0.4 is 15.9 Å². The molecule has 0 aliphatic carbocycles.